The molecule has 0 saturated carbocycles. The van der Waals surface area contributed by atoms with E-state index in [0.717, 1.165) is 10.7 Å². The number of carbonyl (C=O) groups is 1. The molecule has 0 fully saturated rings. The second-order valence-electron chi connectivity index (χ2n) is 5.61. The third-order valence-electron chi connectivity index (χ3n) is 3.32. The second kappa shape index (κ2) is 6.88. The normalized spacial score (nSPS) is 11.9. The van der Waals surface area contributed by atoms with Crippen LogP contribution >= 0.6 is 11.3 Å². The van der Waals surface area contributed by atoms with Crippen molar-refractivity contribution in [2.45, 2.75) is 26.8 Å². The summed E-state index contributed by atoms with van der Waals surface area (Å²) in [6.07, 6.45) is 3.46. The van der Waals surface area contributed by atoms with E-state index in [1.807, 2.05) is 57.2 Å². The maximum atomic E-state index is 13.0. The molecule has 3 heterocycles. The number of nitrogens with zero attached hydrogens (tertiary/aromatic N) is 4. The Morgan fingerprint density at radius 1 is 1.21 bits per heavy atom. The minimum absolute atomic E-state index is 0.109. The number of aryl methyl sites for hydroxylation is 1. The predicted octanol–water partition coefficient (Wildman–Crippen LogP) is 3.31. The van der Waals surface area contributed by atoms with Gasteiger partial charge in [0.2, 0.25) is 0 Å². The lowest BCUT2D eigenvalue weighted by Crippen LogP contribution is -2.28. The Bertz CT molecular complexity index is 925. The third kappa shape index (κ3) is 3.33. The maximum absolute atomic E-state index is 13.0. The van der Waals surface area contributed by atoms with Crippen LogP contribution in [0.1, 0.15) is 29.2 Å². The van der Waals surface area contributed by atoms with Crippen LogP contribution in [0, 0.1) is 6.92 Å². The van der Waals surface area contributed by atoms with E-state index in [9.17, 15) is 4.79 Å². The van der Waals surface area contributed by atoms with E-state index in [4.69, 9.17) is 0 Å². The number of carbonyl (C=O) groups excluding carboxylic acids is 1. The Kier molecular flexibility index (Phi) is 4.66. The van der Waals surface area contributed by atoms with E-state index in [2.05, 4.69) is 15.0 Å². The minimum Gasteiger partial charge on any atom is -0.267 e. The lowest BCUT2D eigenvalue weighted by molar-refractivity contribution is 0.0958. The van der Waals surface area contributed by atoms with Gasteiger partial charge in [-0.2, -0.15) is 0 Å². The van der Waals surface area contributed by atoms with Crippen molar-refractivity contribution in [3.63, 3.8) is 0 Å². The molecule has 5 nitrogen and oxygen atoms in total. The van der Waals surface area contributed by atoms with Gasteiger partial charge in [0.25, 0.3) is 5.91 Å². The SMILES string of the molecule is Cc1nc(-c2ccccn2)sc1C(=O)n1ccccc1=NC(C)C. The van der Waals surface area contributed by atoms with Gasteiger partial charge < -0.3 is 0 Å². The summed E-state index contributed by atoms with van der Waals surface area (Å²) in [5.41, 5.74) is 2.12. The van der Waals surface area contributed by atoms with Gasteiger partial charge in [-0.15, -0.1) is 11.3 Å². The molecule has 0 aliphatic carbocycles. The van der Waals surface area contributed by atoms with Crippen molar-refractivity contribution in [1.29, 1.82) is 0 Å². The lowest BCUT2D eigenvalue weighted by atomic mass is 10.3. The fourth-order valence-corrected chi connectivity index (χ4v) is 3.26. The Labute approximate surface area is 144 Å². The summed E-state index contributed by atoms with van der Waals surface area (Å²) in [5.74, 6) is -0.118. The number of thiazole rings is 1. The molecule has 0 aliphatic heterocycles. The van der Waals surface area contributed by atoms with Crippen molar-refractivity contribution in [2.24, 2.45) is 4.99 Å². The molecular formula is C18H18N4OS. The smallest absolute Gasteiger partial charge is 0.267 e. The van der Waals surface area contributed by atoms with Gasteiger partial charge in [0.15, 0.2) is 0 Å². The second-order valence-corrected chi connectivity index (χ2v) is 6.60. The summed E-state index contributed by atoms with van der Waals surface area (Å²) in [4.78, 5) is 26.9. The zero-order valence-corrected chi connectivity index (χ0v) is 14.6. The molecule has 0 atom stereocenters. The Morgan fingerprint density at radius 2 is 2.00 bits per heavy atom. The van der Waals surface area contributed by atoms with Gasteiger partial charge >= 0.3 is 0 Å². The standard InChI is InChI=1S/C18H18N4OS/c1-12(2)20-15-9-5-7-11-22(15)18(23)16-13(3)21-17(24-16)14-8-4-6-10-19-14/h4-12H,1-3H3. The molecule has 0 saturated heterocycles. The van der Waals surface area contributed by atoms with E-state index >= 15 is 0 Å². The van der Waals surface area contributed by atoms with Crippen molar-refractivity contribution in [3.8, 4) is 10.7 Å². The van der Waals surface area contributed by atoms with Crippen LogP contribution in [0.15, 0.2) is 53.8 Å². The van der Waals surface area contributed by atoms with Crippen molar-refractivity contribution in [1.82, 2.24) is 14.5 Å². The third-order valence-corrected chi connectivity index (χ3v) is 4.49. The Morgan fingerprint density at radius 3 is 2.71 bits per heavy atom. The van der Waals surface area contributed by atoms with E-state index in [0.29, 0.717) is 16.1 Å². The number of pyridine rings is 2. The monoisotopic (exact) mass is 338 g/mol. The first-order chi connectivity index (χ1) is 11.6. The van der Waals surface area contributed by atoms with Crippen LogP contribution in [0.4, 0.5) is 0 Å². The molecule has 0 aromatic carbocycles. The summed E-state index contributed by atoms with van der Waals surface area (Å²) in [6.45, 7) is 5.82. The molecule has 122 valence electrons. The number of rotatable bonds is 3. The first-order valence-corrected chi connectivity index (χ1v) is 8.53. The van der Waals surface area contributed by atoms with E-state index in [1.165, 1.54) is 11.3 Å². The Hall–Kier alpha value is -2.60. The molecule has 0 radical (unpaired) electrons. The van der Waals surface area contributed by atoms with Crippen LogP contribution in [0.25, 0.3) is 10.7 Å². The zero-order valence-electron chi connectivity index (χ0n) is 13.8. The molecule has 0 aliphatic rings. The number of hydrogen-bond acceptors (Lipinski definition) is 5. The van der Waals surface area contributed by atoms with Gasteiger partial charge in [-0.05, 0) is 45.0 Å². The lowest BCUT2D eigenvalue weighted by Gasteiger charge is -2.06. The molecule has 0 bridgehead atoms. The van der Waals surface area contributed by atoms with Crippen LogP contribution in [0.2, 0.25) is 0 Å². The molecule has 3 rings (SSSR count). The highest BCUT2D eigenvalue weighted by Gasteiger charge is 2.18. The minimum atomic E-state index is -0.118. The quantitative estimate of drug-likeness (QED) is 0.736. The fraction of sp³-hybridized carbons (Fsp3) is 0.222. The molecule has 0 spiro atoms. The highest BCUT2D eigenvalue weighted by atomic mass is 32.1. The van der Waals surface area contributed by atoms with Crippen LogP contribution in [0.3, 0.4) is 0 Å². The van der Waals surface area contributed by atoms with Crippen molar-refractivity contribution in [3.05, 3.63) is 64.9 Å². The molecule has 3 aromatic heterocycles. The van der Waals surface area contributed by atoms with Gasteiger partial charge in [-0.1, -0.05) is 12.1 Å². The van der Waals surface area contributed by atoms with Gasteiger partial charge in [-0.3, -0.25) is 19.3 Å². The van der Waals surface area contributed by atoms with Crippen molar-refractivity contribution in [2.75, 3.05) is 0 Å². The van der Waals surface area contributed by atoms with E-state index in [-0.39, 0.29) is 11.9 Å². The van der Waals surface area contributed by atoms with Crippen molar-refractivity contribution < 1.29 is 4.79 Å². The molecule has 24 heavy (non-hydrogen) atoms. The van der Waals surface area contributed by atoms with Gasteiger partial charge in [-0.25, -0.2) is 4.98 Å². The zero-order chi connectivity index (χ0) is 17.1. The number of hydrogen-bond donors (Lipinski definition) is 0. The number of aromatic nitrogens is 3. The van der Waals surface area contributed by atoms with Crippen LogP contribution in [-0.4, -0.2) is 26.5 Å². The summed E-state index contributed by atoms with van der Waals surface area (Å²) in [7, 11) is 0. The molecule has 0 amide bonds. The summed E-state index contributed by atoms with van der Waals surface area (Å²) in [5, 5.41) is 0.746. The van der Waals surface area contributed by atoms with E-state index in [1.54, 1.807) is 17.0 Å². The molecule has 6 heteroatoms. The largest absolute Gasteiger partial charge is 0.275 e. The van der Waals surface area contributed by atoms with E-state index < -0.39 is 0 Å². The summed E-state index contributed by atoms with van der Waals surface area (Å²) in [6, 6.07) is 11.3. The first-order valence-electron chi connectivity index (χ1n) is 7.71. The summed E-state index contributed by atoms with van der Waals surface area (Å²) < 4.78 is 1.57. The topological polar surface area (TPSA) is 60.1 Å². The predicted molar refractivity (Wildman–Crippen MR) is 94.9 cm³/mol. The average Bonchev–Trinajstić information content (AvgIpc) is 2.97. The highest BCUT2D eigenvalue weighted by Crippen LogP contribution is 2.26. The first kappa shape index (κ1) is 16.3. The average molecular weight is 338 g/mol. The molecular weight excluding hydrogens is 320 g/mol. The maximum Gasteiger partial charge on any atom is 0.275 e. The fourth-order valence-electron chi connectivity index (χ4n) is 2.28. The Balaban J connectivity index is 2.05. The van der Waals surface area contributed by atoms with Crippen molar-refractivity contribution >= 4 is 17.2 Å². The van der Waals surface area contributed by atoms with Gasteiger partial charge in [0.1, 0.15) is 15.4 Å². The summed E-state index contributed by atoms with van der Waals surface area (Å²) >= 11 is 1.36. The van der Waals surface area contributed by atoms with Gasteiger partial charge in [0, 0.05) is 18.4 Å². The highest BCUT2D eigenvalue weighted by molar-refractivity contribution is 7.17. The molecule has 0 unspecified atom stereocenters. The molecule has 3 aromatic rings. The van der Waals surface area contributed by atoms with Crippen LogP contribution in [0.5, 0.6) is 0 Å². The van der Waals surface area contributed by atoms with Crippen LogP contribution < -0.4 is 5.49 Å². The van der Waals surface area contributed by atoms with Crippen LogP contribution in [-0.2, 0) is 0 Å². The van der Waals surface area contributed by atoms with Gasteiger partial charge in [0.05, 0.1) is 11.4 Å². The molecule has 0 N–H and O–H groups in total.